The summed E-state index contributed by atoms with van der Waals surface area (Å²) in [5.41, 5.74) is 1.17. The third-order valence-corrected chi connectivity index (χ3v) is 3.96. The van der Waals surface area contributed by atoms with Gasteiger partial charge in [-0.15, -0.1) is 0 Å². The zero-order valence-corrected chi connectivity index (χ0v) is 12.2. The highest BCUT2D eigenvalue weighted by molar-refractivity contribution is 6.32. The Morgan fingerprint density at radius 3 is 2.95 bits per heavy atom. The number of imidazole rings is 1. The number of halogens is 1. The summed E-state index contributed by atoms with van der Waals surface area (Å²) in [5.74, 6) is -0.0380. The molecule has 1 aliphatic rings. The van der Waals surface area contributed by atoms with Crippen molar-refractivity contribution in [2.24, 2.45) is 0 Å². The molecule has 3 rings (SSSR count). The number of carbonyl (C=O) groups is 1. The standard InChI is InChI=1S/C14H17ClN4O/c1-17-6-4-7-18(10-9-17)14(20)12-13(15)16-11-5-2-3-8-19(11)12/h2-3,5,8H,4,6-7,9-10H2,1H3. The van der Waals surface area contributed by atoms with Crippen molar-refractivity contribution >= 4 is 23.2 Å². The van der Waals surface area contributed by atoms with Gasteiger partial charge in [-0.1, -0.05) is 17.7 Å². The molecule has 0 aromatic carbocycles. The Balaban J connectivity index is 1.94. The second kappa shape index (κ2) is 5.42. The Morgan fingerprint density at radius 1 is 1.25 bits per heavy atom. The highest BCUT2D eigenvalue weighted by Gasteiger charge is 2.24. The monoisotopic (exact) mass is 292 g/mol. The van der Waals surface area contributed by atoms with Crippen LogP contribution in [0.25, 0.3) is 5.65 Å². The van der Waals surface area contributed by atoms with Crippen molar-refractivity contribution in [3.8, 4) is 0 Å². The van der Waals surface area contributed by atoms with Crippen molar-refractivity contribution in [3.05, 3.63) is 35.2 Å². The van der Waals surface area contributed by atoms with E-state index in [0.717, 1.165) is 32.6 Å². The molecule has 1 fully saturated rings. The van der Waals surface area contributed by atoms with Crippen LogP contribution >= 0.6 is 11.6 Å². The number of rotatable bonds is 1. The quantitative estimate of drug-likeness (QED) is 0.804. The van der Waals surface area contributed by atoms with E-state index >= 15 is 0 Å². The van der Waals surface area contributed by atoms with Crippen LogP contribution in [0.1, 0.15) is 16.9 Å². The molecule has 6 heteroatoms. The van der Waals surface area contributed by atoms with Crippen molar-refractivity contribution < 1.29 is 4.79 Å². The molecule has 1 saturated heterocycles. The number of fused-ring (bicyclic) bond motifs is 1. The molecule has 0 bridgehead atoms. The molecule has 0 radical (unpaired) electrons. The van der Waals surface area contributed by atoms with Gasteiger partial charge in [-0.05, 0) is 32.1 Å². The van der Waals surface area contributed by atoms with Gasteiger partial charge in [0.2, 0.25) is 0 Å². The molecule has 0 spiro atoms. The predicted molar refractivity (Wildman–Crippen MR) is 78.2 cm³/mol. The first-order valence-electron chi connectivity index (χ1n) is 6.77. The molecule has 2 aromatic rings. The van der Waals surface area contributed by atoms with Crippen LogP contribution in [0.15, 0.2) is 24.4 Å². The number of hydrogen-bond donors (Lipinski definition) is 0. The lowest BCUT2D eigenvalue weighted by Gasteiger charge is -2.20. The Kier molecular flexibility index (Phi) is 3.63. The molecule has 0 atom stereocenters. The summed E-state index contributed by atoms with van der Waals surface area (Å²) in [5, 5.41) is 0.277. The van der Waals surface area contributed by atoms with Crippen LogP contribution in [0.4, 0.5) is 0 Å². The van der Waals surface area contributed by atoms with E-state index in [0.29, 0.717) is 11.3 Å². The molecule has 5 nitrogen and oxygen atoms in total. The minimum atomic E-state index is -0.0380. The van der Waals surface area contributed by atoms with E-state index in [4.69, 9.17) is 11.6 Å². The Bertz CT molecular complexity index is 639. The van der Waals surface area contributed by atoms with Crippen molar-refractivity contribution in [2.75, 3.05) is 33.2 Å². The number of aromatic nitrogens is 2. The molecule has 0 aliphatic carbocycles. The van der Waals surface area contributed by atoms with Crippen LogP contribution in [-0.2, 0) is 0 Å². The molecule has 0 saturated carbocycles. The highest BCUT2D eigenvalue weighted by atomic mass is 35.5. The van der Waals surface area contributed by atoms with Gasteiger partial charge in [0.15, 0.2) is 10.8 Å². The molecule has 1 amide bonds. The maximum absolute atomic E-state index is 12.7. The van der Waals surface area contributed by atoms with E-state index in [1.54, 1.807) is 4.40 Å². The van der Waals surface area contributed by atoms with Gasteiger partial charge in [0, 0.05) is 25.8 Å². The van der Waals surface area contributed by atoms with E-state index in [2.05, 4.69) is 16.9 Å². The van der Waals surface area contributed by atoms with Gasteiger partial charge >= 0.3 is 0 Å². The average Bonchev–Trinajstić information content (AvgIpc) is 2.61. The maximum atomic E-state index is 12.7. The third kappa shape index (κ3) is 2.39. The van der Waals surface area contributed by atoms with Crippen LogP contribution in [0, 0.1) is 0 Å². The molecular weight excluding hydrogens is 276 g/mol. The molecule has 2 aromatic heterocycles. The maximum Gasteiger partial charge on any atom is 0.274 e. The molecule has 106 valence electrons. The van der Waals surface area contributed by atoms with Gasteiger partial charge in [-0.2, -0.15) is 0 Å². The lowest BCUT2D eigenvalue weighted by Crippen LogP contribution is -2.35. The van der Waals surface area contributed by atoms with Crippen LogP contribution in [0.3, 0.4) is 0 Å². The van der Waals surface area contributed by atoms with Crippen LogP contribution in [-0.4, -0.2) is 58.3 Å². The molecule has 0 N–H and O–H groups in total. The SMILES string of the molecule is CN1CCCN(C(=O)c2c(Cl)nc3ccccn23)CC1. The Hall–Kier alpha value is -1.59. The Morgan fingerprint density at radius 2 is 2.10 bits per heavy atom. The first-order valence-corrected chi connectivity index (χ1v) is 7.15. The van der Waals surface area contributed by atoms with Crippen LogP contribution in [0.5, 0.6) is 0 Å². The summed E-state index contributed by atoms with van der Waals surface area (Å²) in [6.45, 7) is 3.40. The average molecular weight is 293 g/mol. The fourth-order valence-electron chi connectivity index (χ4n) is 2.56. The first-order chi connectivity index (χ1) is 9.66. The number of hydrogen-bond acceptors (Lipinski definition) is 3. The summed E-state index contributed by atoms with van der Waals surface area (Å²) in [6, 6.07) is 5.60. The summed E-state index contributed by atoms with van der Waals surface area (Å²) in [4.78, 5) is 21.1. The lowest BCUT2D eigenvalue weighted by atomic mass is 10.3. The second-order valence-electron chi connectivity index (χ2n) is 5.13. The van der Waals surface area contributed by atoms with Crippen molar-refractivity contribution in [1.29, 1.82) is 0 Å². The molecule has 1 aliphatic heterocycles. The smallest absolute Gasteiger partial charge is 0.274 e. The number of pyridine rings is 1. The number of carbonyl (C=O) groups excluding carboxylic acids is 1. The summed E-state index contributed by atoms with van der Waals surface area (Å²) < 4.78 is 1.76. The third-order valence-electron chi connectivity index (χ3n) is 3.70. The van der Waals surface area contributed by atoms with Gasteiger partial charge < -0.3 is 9.80 Å². The molecule has 3 heterocycles. The Labute approximate surface area is 122 Å². The zero-order valence-electron chi connectivity index (χ0n) is 11.4. The van der Waals surface area contributed by atoms with Crippen LogP contribution in [0.2, 0.25) is 5.15 Å². The van der Waals surface area contributed by atoms with E-state index in [1.165, 1.54) is 0 Å². The summed E-state index contributed by atoms with van der Waals surface area (Å²) in [7, 11) is 2.08. The normalized spacial score (nSPS) is 17.4. The van der Waals surface area contributed by atoms with Crippen molar-refractivity contribution in [3.63, 3.8) is 0 Å². The number of nitrogens with zero attached hydrogens (tertiary/aromatic N) is 4. The largest absolute Gasteiger partial charge is 0.336 e. The van der Waals surface area contributed by atoms with Gasteiger partial charge in [0.25, 0.3) is 5.91 Å². The predicted octanol–water partition coefficient (Wildman–Crippen LogP) is 1.77. The fraction of sp³-hybridized carbons (Fsp3) is 0.429. The molecule has 0 unspecified atom stereocenters. The zero-order chi connectivity index (χ0) is 14.1. The molecule has 20 heavy (non-hydrogen) atoms. The fourth-order valence-corrected chi connectivity index (χ4v) is 2.82. The highest BCUT2D eigenvalue weighted by Crippen LogP contribution is 2.20. The van der Waals surface area contributed by atoms with E-state index < -0.39 is 0 Å². The second-order valence-corrected chi connectivity index (χ2v) is 5.49. The minimum absolute atomic E-state index is 0.0380. The summed E-state index contributed by atoms with van der Waals surface area (Å²) >= 11 is 6.16. The van der Waals surface area contributed by atoms with Crippen molar-refractivity contribution in [1.82, 2.24) is 19.2 Å². The van der Waals surface area contributed by atoms with E-state index in [1.807, 2.05) is 29.3 Å². The van der Waals surface area contributed by atoms with E-state index in [9.17, 15) is 4.79 Å². The van der Waals surface area contributed by atoms with Gasteiger partial charge in [0.05, 0.1) is 0 Å². The lowest BCUT2D eigenvalue weighted by molar-refractivity contribution is 0.0756. The first kappa shape index (κ1) is 13.4. The topological polar surface area (TPSA) is 40.8 Å². The number of likely N-dealkylation sites (N-methyl/N-ethyl adjacent to an activating group) is 1. The summed E-state index contributed by atoms with van der Waals surface area (Å²) in [6.07, 6.45) is 2.81. The van der Waals surface area contributed by atoms with Crippen LogP contribution < -0.4 is 0 Å². The van der Waals surface area contributed by atoms with E-state index in [-0.39, 0.29) is 11.1 Å². The van der Waals surface area contributed by atoms with Gasteiger partial charge in [-0.3, -0.25) is 9.20 Å². The number of amides is 1. The van der Waals surface area contributed by atoms with Gasteiger partial charge in [0.1, 0.15) is 5.65 Å². The molecular formula is C14H17ClN4O. The van der Waals surface area contributed by atoms with Crippen molar-refractivity contribution in [2.45, 2.75) is 6.42 Å². The van der Waals surface area contributed by atoms with Gasteiger partial charge in [-0.25, -0.2) is 4.98 Å². The minimum Gasteiger partial charge on any atom is -0.336 e.